The molecule has 2 aromatic heterocycles. The van der Waals surface area contributed by atoms with Crippen LogP contribution in [0.25, 0.3) is 10.9 Å². The normalized spacial score (nSPS) is 15.2. The molecule has 5 rings (SSSR count). The van der Waals surface area contributed by atoms with Crippen LogP contribution in [0.15, 0.2) is 61.1 Å². The molecule has 1 atom stereocenters. The van der Waals surface area contributed by atoms with Gasteiger partial charge in [-0.25, -0.2) is 9.97 Å². The van der Waals surface area contributed by atoms with Gasteiger partial charge in [0.2, 0.25) is 5.91 Å². The Kier molecular flexibility index (Phi) is 7.62. The third kappa shape index (κ3) is 5.90. The van der Waals surface area contributed by atoms with E-state index < -0.39 is 0 Å². The summed E-state index contributed by atoms with van der Waals surface area (Å²) in [5, 5.41) is 10.8. The Balaban J connectivity index is 1.36. The van der Waals surface area contributed by atoms with E-state index in [9.17, 15) is 4.79 Å². The second kappa shape index (κ2) is 11.4. The number of carbonyl (C=O) groups is 1. The summed E-state index contributed by atoms with van der Waals surface area (Å²) in [5.74, 6) is 1.56. The zero-order valence-electron chi connectivity index (χ0n) is 20.3. The zero-order chi connectivity index (χ0) is 25.6. The fourth-order valence-electron chi connectivity index (χ4n) is 4.21. The minimum absolute atomic E-state index is 0.0863. The van der Waals surface area contributed by atoms with Gasteiger partial charge in [-0.2, -0.15) is 0 Å². The Morgan fingerprint density at radius 2 is 2.03 bits per heavy atom. The number of aromatic nitrogens is 3. The van der Waals surface area contributed by atoms with Crippen molar-refractivity contribution in [1.82, 2.24) is 20.3 Å². The van der Waals surface area contributed by atoms with Crippen LogP contribution >= 0.6 is 11.6 Å². The molecule has 1 aliphatic heterocycles. The number of halogens is 1. The summed E-state index contributed by atoms with van der Waals surface area (Å²) in [4.78, 5) is 25.9. The number of ether oxygens (including phenoxy) is 2. The van der Waals surface area contributed by atoms with Crippen molar-refractivity contribution in [3.63, 3.8) is 0 Å². The average molecular weight is 519 g/mol. The quantitative estimate of drug-likeness (QED) is 0.296. The monoisotopic (exact) mass is 518 g/mol. The van der Waals surface area contributed by atoms with Crippen LogP contribution in [0.1, 0.15) is 25.0 Å². The molecule has 0 aliphatic carbocycles. The smallest absolute Gasteiger partial charge is 0.241 e. The Morgan fingerprint density at radius 3 is 2.78 bits per heavy atom. The number of pyridine rings is 1. The second-order valence-electron chi connectivity index (χ2n) is 8.66. The summed E-state index contributed by atoms with van der Waals surface area (Å²) in [7, 11) is 1.56. The minimum atomic E-state index is -0.223. The summed E-state index contributed by atoms with van der Waals surface area (Å²) in [5.41, 5.74) is 2.76. The molecule has 9 nitrogen and oxygen atoms in total. The number of anilines is 3. The maximum absolute atomic E-state index is 12.9. The number of amides is 1. The van der Waals surface area contributed by atoms with Gasteiger partial charge in [0.25, 0.3) is 0 Å². The van der Waals surface area contributed by atoms with Crippen molar-refractivity contribution in [2.24, 2.45) is 0 Å². The summed E-state index contributed by atoms with van der Waals surface area (Å²) in [6.07, 6.45) is 6.10. The molecule has 10 heteroatoms. The van der Waals surface area contributed by atoms with Crippen LogP contribution in [0.3, 0.4) is 0 Å². The van der Waals surface area contributed by atoms with Crippen LogP contribution in [0.5, 0.6) is 11.5 Å². The molecule has 37 heavy (non-hydrogen) atoms. The fourth-order valence-corrected chi connectivity index (χ4v) is 4.45. The van der Waals surface area contributed by atoms with E-state index in [1.54, 1.807) is 31.5 Å². The highest BCUT2D eigenvalue weighted by molar-refractivity contribution is 6.32. The van der Waals surface area contributed by atoms with Crippen molar-refractivity contribution < 1.29 is 14.3 Å². The molecule has 1 aliphatic rings. The Bertz CT molecular complexity index is 1400. The minimum Gasteiger partial charge on any atom is -0.494 e. The Morgan fingerprint density at radius 1 is 1.11 bits per heavy atom. The van der Waals surface area contributed by atoms with Gasteiger partial charge in [0.1, 0.15) is 30.3 Å². The van der Waals surface area contributed by atoms with E-state index in [-0.39, 0.29) is 11.9 Å². The molecule has 1 fully saturated rings. The lowest BCUT2D eigenvalue weighted by atomic mass is 10.0. The third-order valence-corrected chi connectivity index (χ3v) is 6.43. The van der Waals surface area contributed by atoms with Crippen LogP contribution in [0.2, 0.25) is 5.02 Å². The lowest BCUT2D eigenvalue weighted by molar-refractivity contribution is -0.118. The Labute approximate surface area is 219 Å². The lowest BCUT2D eigenvalue weighted by Gasteiger charge is -2.23. The van der Waals surface area contributed by atoms with E-state index in [1.807, 2.05) is 30.3 Å². The van der Waals surface area contributed by atoms with E-state index in [0.717, 1.165) is 42.6 Å². The summed E-state index contributed by atoms with van der Waals surface area (Å²) in [6, 6.07) is 14.5. The number of fused-ring (bicyclic) bond motifs is 1. The first-order chi connectivity index (χ1) is 18.1. The highest BCUT2D eigenvalue weighted by atomic mass is 35.5. The van der Waals surface area contributed by atoms with Crippen molar-refractivity contribution in [2.75, 3.05) is 24.3 Å². The molecular formula is C27H27ClN6O3. The van der Waals surface area contributed by atoms with Gasteiger partial charge in [-0.15, -0.1) is 0 Å². The summed E-state index contributed by atoms with van der Waals surface area (Å²) < 4.78 is 11.4. The van der Waals surface area contributed by atoms with Crippen molar-refractivity contribution in [3.05, 3.63) is 71.8 Å². The molecule has 0 bridgehead atoms. The maximum Gasteiger partial charge on any atom is 0.241 e. The SMILES string of the molecule is COc1cc2ncnc(Nc3ccc(OCc4ccccn4)c(Cl)c3)c2cc1NC(=O)[C@H]1CCCCN1. The molecular weight excluding hydrogens is 492 g/mol. The van der Waals surface area contributed by atoms with E-state index >= 15 is 0 Å². The largest absolute Gasteiger partial charge is 0.494 e. The number of carbonyl (C=O) groups excluding carboxylic acids is 1. The van der Waals surface area contributed by atoms with Crippen LogP contribution < -0.4 is 25.4 Å². The first-order valence-electron chi connectivity index (χ1n) is 12.1. The highest BCUT2D eigenvalue weighted by Crippen LogP contribution is 2.35. The molecule has 4 aromatic rings. The summed E-state index contributed by atoms with van der Waals surface area (Å²) >= 11 is 6.49. The van der Waals surface area contributed by atoms with Gasteiger partial charge in [0.05, 0.1) is 35.1 Å². The van der Waals surface area contributed by atoms with Crippen LogP contribution in [0.4, 0.5) is 17.2 Å². The molecule has 0 spiro atoms. The molecule has 1 saturated heterocycles. The first kappa shape index (κ1) is 24.7. The number of nitrogens with zero attached hydrogens (tertiary/aromatic N) is 3. The van der Waals surface area contributed by atoms with E-state index in [2.05, 4.69) is 30.9 Å². The molecule has 0 radical (unpaired) electrons. The molecule has 1 amide bonds. The lowest BCUT2D eigenvalue weighted by Crippen LogP contribution is -2.43. The topological polar surface area (TPSA) is 110 Å². The van der Waals surface area contributed by atoms with Crippen molar-refractivity contribution in [1.29, 1.82) is 0 Å². The number of nitrogens with one attached hydrogen (secondary N) is 3. The van der Waals surface area contributed by atoms with Gasteiger partial charge in [-0.05, 0) is 55.8 Å². The zero-order valence-corrected chi connectivity index (χ0v) is 21.1. The first-order valence-corrected chi connectivity index (χ1v) is 12.4. The number of benzene rings is 2. The molecule has 190 valence electrons. The molecule has 0 unspecified atom stereocenters. The van der Waals surface area contributed by atoms with Gasteiger partial charge in [-0.3, -0.25) is 9.78 Å². The maximum atomic E-state index is 12.9. The van der Waals surface area contributed by atoms with Crippen molar-refractivity contribution in [2.45, 2.75) is 31.9 Å². The van der Waals surface area contributed by atoms with Gasteiger partial charge >= 0.3 is 0 Å². The number of piperidine rings is 1. The number of hydrogen-bond donors (Lipinski definition) is 3. The van der Waals surface area contributed by atoms with E-state index in [0.29, 0.717) is 40.2 Å². The number of hydrogen-bond acceptors (Lipinski definition) is 8. The van der Waals surface area contributed by atoms with E-state index in [1.165, 1.54) is 6.33 Å². The van der Waals surface area contributed by atoms with Gasteiger partial charge < -0.3 is 25.4 Å². The van der Waals surface area contributed by atoms with Gasteiger partial charge in [0.15, 0.2) is 0 Å². The predicted molar refractivity (Wildman–Crippen MR) is 144 cm³/mol. The molecule has 2 aromatic carbocycles. The standard InChI is InChI=1S/C27H27ClN6O3/c1-36-25-14-22-19(13-23(25)34-27(35)21-7-3-5-11-30-21)26(32-16-31-22)33-17-8-9-24(20(28)12-17)37-15-18-6-2-4-10-29-18/h2,4,6,8-10,12-14,16,21,30H,3,5,7,11,15H2,1H3,(H,34,35)(H,31,32,33)/t21-/m1/s1. The van der Waals surface area contributed by atoms with Crippen LogP contribution in [-0.4, -0.2) is 40.6 Å². The second-order valence-corrected chi connectivity index (χ2v) is 9.07. The highest BCUT2D eigenvalue weighted by Gasteiger charge is 2.22. The fraction of sp³-hybridized carbons (Fsp3) is 0.259. The van der Waals surface area contributed by atoms with Crippen LogP contribution in [-0.2, 0) is 11.4 Å². The average Bonchev–Trinajstić information content (AvgIpc) is 2.93. The van der Waals surface area contributed by atoms with Gasteiger partial charge in [0, 0.05) is 23.3 Å². The third-order valence-electron chi connectivity index (χ3n) is 6.14. The number of rotatable bonds is 8. The Hall–Kier alpha value is -3.95. The van der Waals surface area contributed by atoms with E-state index in [4.69, 9.17) is 21.1 Å². The van der Waals surface area contributed by atoms with Crippen LogP contribution in [0, 0.1) is 0 Å². The van der Waals surface area contributed by atoms with Crippen molar-refractivity contribution in [3.8, 4) is 11.5 Å². The number of methoxy groups -OCH3 is 1. The summed E-state index contributed by atoms with van der Waals surface area (Å²) in [6.45, 7) is 1.15. The van der Waals surface area contributed by atoms with Crippen molar-refractivity contribution >= 4 is 45.6 Å². The molecule has 3 N–H and O–H groups in total. The predicted octanol–water partition coefficient (Wildman–Crippen LogP) is 5.09. The van der Waals surface area contributed by atoms with Gasteiger partial charge in [-0.1, -0.05) is 24.1 Å². The molecule has 0 saturated carbocycles. The molecule has 3 heterocycles.